The van der Waals surface area contributed by atoms with Crippen LogP contribution in [0.1, 0.15) is 22.0 Å². The lowest BCUT2D eigenvalue weighted by atomic mass is 9.77. The molecule has 0 radical (unpaired) electrons. The maximum Gasteiger partial charge on any atom is 0.437 e. The number of nitrogens with one attached hydrogen (secondary N) is 2. The lowest BCUT2D eigenvalue weighted by Gasteiger charge is -2.46. The molecule has 0 amide bonds. The molecule has 10 heteroatoms. The molecule has 5 nitrogen and oxygen atoms in total. The third-order valence-electron chi connectivity index (χ3n) is 4.69. The molecule has 29 heavy (non-hydrogen) atoms. The summed E-state index contributed by atoms with van der Waals surface area (Å²) in [6.07, 6.45) is -5.18. The van der Waals surface area contributed by atoms with Gasteiger partial charge in [-0.15, -0.1) is 0 Å². The van der Waals surface area contributed by atoms with E-state index < -0.39 is 34.8 Å². The van der Waals surface area contributed by atoms with Crippen LogP contribution in [0, 0.1) is 5.92 Å². The molecule has 1 heterocycles. The van der Waals surface area contributed by atoms with Gasteiger partial charge in [-0.1, -0.05) is 23.7 Å². The third-order valence-corrected chi connectivity index (χ3v) is 5.16. The van der Waals surface area contributed by atoms with Gasteiger partial charge in [0.1, 0.15) is 11.7 Å². The Morgan fingerprint density at radius 2 is 1.76 bits per heavy atom. The first-order valence-corrected chi connectivity index (χ1v) is 9.17. The van der Waals surface area contributed by atoms with E-state index >= 15 is 0 Å². The second-order valence-electron chi connectivity index (χ2n) is 6.46. The number of rotatable bonds is 4. The van der Waals surface area contributed by atoms with Crippen molar-refractivity contribution in [3.8, 4) is 5.75 Å². The largest absolute Gasteiger partial charge is 0.497 e. The van der Waals surface area contributed by atoms with Gasteiger partial charge in [-0.25, -0.2) is 0 Å². The van der Waals surface area contributed by atoms with Crippen molar-refractivity contribution in [2.24, 2.45) is 5.92 Å². The van der Waals surface area contributed by atoms with E-state index in [9.17, 15) is 23.1 Å². The molecule has 3 unspecified atom stereocenters. The number of Topliss-reactive ketones (excluding diaryl/α,β-unsaturated/α-hetero) is 1. The smallest absolute Gasteiger partial charge is 0.437 e. The Morgan fingerprint density at radius 3 is 2.28 bits per heavy atom. The molecule has 1 fully saturated rings. The van der Waals surface area contributed by atoms with Gasteiger partial charge in [0.05, 0.1) is 13.2 Å². The Morgan fingerprint density at radius 1 is 1.17 bits per heavy atom. The molecule has 0 aliphatic carbocycles. The van der Waals surface area contributed by atoms with Crippen molar-refractivity contribution in [3.05, 3.63) is 64.7 Å². The first-order valence-electron chi connectivity index (χ1n) is 8.38. The fourth-order valence-corrected chi connectivity index (χ4v) is 3.63. The van der Waals surface area contributed by atoms with Gasteiger partial charge in [0.15, 0.2) is 10.9 Å². The fraction of sp³-hybridized carbons (Fsp3) is 0.263. The van der Waals surface area contributed by atoms with Gasteiger partial charge in [-0.3, -0.25) is 4.79 Å². The number of alkyl halides is 3. The number of aliphatic hydroxyl groups is 1. The average Bonchev–Trinajstić information content (AvgIpc) is 2.67. The van der Waals surface area contributed by atoms with E-state index in [1.807, 2.05) is 5.32 Å². The molecule has 1 aliphatic heterocycles. The second kappa shape index (κ2) is 7.81. The van der Waals surface area contributed by atoms with E-state index in [2.05, 4.69) is 5.32 Å². The van der Waals surface area contributed by atoms with E-state index in [1.165, 1.54) is 55.6 Å². The number of ketones is 1. The number of benzene rings is 2. The number of carbonyl (C=O) groups excluding carboxylic acids is 1. The van der Waals surface area contributed by atoms with Crippen LogP contribution in [0.25, 0.3) is 0 Å². The summed E-state index contributed by atoms with van der Waals surface area (Å²) in [4.78, 5) is 13.2. The van der Waals surface area contributed by atoms with E-state index in [-0.39, 0.29) is 5.56 Å². The predicted molar refractivity (Wildman–Crippen MR) is 105 cm³/mol. The lowest BCUT2D eigenvalue weighted by molar-refractivity contribution is -0.285. The van der Waals surface area contributed by atoms with E-state index in [0.29, 0.717) is 16.3 Å². The van der Waals surface area contributed by atoms with Crippen LogP contribution in [0.2, 0.25) is 5.02 Å². The average molecular weight is 445 g/mol. The highest BCUT2D eigenvalue weighted by Gasteiger charge is 2.65. The minimum Gasteiger partial charge on any atom is -0.497 e. The van der Waals surface area contributed by atoms with Crippen LogP contribution < -0.4 is 15.4 Å². The molecule has 2 aromatic rings. The minimum absolute atomic E-state index is 0.0196. The molecule has 0 aromatic heterocycles. The molecule has 0 spiro atoms. The molecule has 154 valence electrons. The van der Waals surface area contributed by atoms with Gasteiger partial charge in [-0.05, 0) is 54.2 Å². The standard InChI is InChI=1S/C19H16ClF3N2O3S/c1-28-13-8-4-11(5-9-13)16(26)14-15(10-2-6-12(20)7-3-10)24-17(29)25-18(14,27)19(21,22)23/h2-9,14-15,27H,1H3,(H2,24,25,29). The molecule has 0 saturated carbocycles. The molecule has 2 aromatic carbocycles. The Kier molecular flexibility index (Phi) is 5.75. The van der Waals surface area contributed by atoms with Crippen molar-refractivity contribution in [2.45, 2.75) is 17.9 Å². The summed E-state index contributed by atoms with van der Waals surface area (Å²) in [5.41, 5.74) is -3.28. The Labute approximate surface area is 174 Å². The zero-order chi connectivity index (χ0) is 21.4. The second-order valence-corrected chi connectivity index (χ2v) is 7.31. The van der Waals surface area contributed by atoms with Crippen LogP contribution in [0.5, 0.6) is 5.75 Å². The molecule has 1 aliphatic rings. The SMILES string of the molecule is COc1ccc(C(=O)C2C(c3ccc(Cl)cc3)NC(=S)NC2(O)C(F)(F)F)cc1. The summed E-state index contributed by atoms with van der Waals surface area (Å²) in [5.74, 6) is -2.46. The number of halogens is 4. The summed E-state index contributed by atoms with van der Waals surface area (Å²) in [7, 11) is 1.42. The Balaban J connectivity index is 2.13. The number of hydrogen-bond donors (Lipinski definition) is 3. The molecule has 3 rings (SSSR count). The predicted octanol–water partition coefficient (Wildman–Crippen LogP) is 3.62. The summed E-state index contributed by atoms with van der Waals surface area (Å²) in [5, 5.41) is 15.1. The normalized spacial score (nSPS) is 24.4. The third kappa shape index (κ3) is 4.03. The van der Waals surface area contributed by atoms with Gasteiger partial charge >= 0.3 is 6.18 Å². The Bertz CT molecular complexity index is 922. The van der Waals surface area contributed by atoms with Crippen LogP contribution >= 0.6 is 23.8 Å². The number of methoxy groups -OCH3 is 1. The van der Waals surface area contributed by atoms with Gasteiger partial charge < -0.3 is 20.5 Å². The van der Waals surface area contributed by atoms with Gasteiger partial charge in [0.2, 0.25) is 5.72 Å². The zero-order valence-corrected chi connectivity index (χ0v) is 16.5. The maximum atomic E-state index is 13.9. The summed E-state index contributed by atoms with van der Waals surface area (Å²) >= 11 is 10.7. The van der Waals surface area contributed by atoms with Crippen LogP contribution in [-0.4, -0.2) is 35.0 Å². The molecule has 1 saturated heterocycles. The monoisotopic (exact) mass is 444 g/mol. The first-order chi connectivity index (χ1) is 13.6. The van der Waals surface area contributed by atoms with E-state index in [1.54, 1.807) is 0 Å². The highest BCUT2D eigenvalue weighted by atomic mass is 35.5. The first kappa shape index (κ1) is 21.4. The van der Waals surface area contributed by atoms with Crippen molar-refractivity contribution in [3.63, 3.8) is 0 Å². The lowest BCUT2D eigenvalue weighted by Crippen LogP contribution is -2.72. The van der Waals surface area contributed by atoms with Crippen LogP contribution in [0.15, 0.2) is 48.5 Å². The van der Waals surface area contributed by atoms with Crippen LogP contribution in [-0.2, 0) is 0 Å². The highest BCUT2D eigenvalue weighted by Crippen LogP contribution is 2.44. The summed E-state index contributed by atoms with van der Waals surface area (Å²) < 4.78 is 46.7. The van der Waals surface area contributed by atoms with Crippen molar-refractivity contribution in [1.82, 2.24) is 10.6 Å². The van der Waals surface area contributed by atoms with Gasteiger partial charge in [-0.2, -0.15) is 13.2 Å². The number of hydrogen-bond acceptors (Lipinski definition) is 4. The van der Waals surface area contributed by atoms with Gasteiger partial charge in [0.25, 0.3) is 0 Å². The van der Waals surface area contributed by atoms with Crippen molar-refractivity contribution in [2.75, 3.05) is 7.11 Å². The van der Waals surface area contributed by atoms with Gasteiger partial charge in [0, 0.05) is 10.6 Å². The number of carbonyl (C=O) groups is 1. The topological polar surface area (TPSA) is 70.6 Å². The zero-order valence-electron chi connectivity index (χ0n) is 15.0. The number of thiocarbonyl (C=S) groups is 1. The minimum atomic E-state index is -5.18. The van der Waals surface area contributed by atoms with Crippen molar-refractivity contribution >= 4 is 34.7 Å². The van der Waals surface area contributed by atoms with Crippen LogP contribution in [0.4, 0.5) is 13.2 Å². The molecule has 0 bridgehead atoms. The molecular weight excluding hydrogens is 429 g/mol. The van der Waals surface area contributed by atoms with Crippen molar-refractivity contribution in [1.29, 1.82) is 0 Å². The highest BCUT2D eigenvalue weighted by molar-refractivity contribution is 7.80. The maximum absolute atomic E-state index is 13.9. The van der Waals surface area contributed by atoms with Crippen molar-refractivity contribution < 1.29 is 27.8 Å². The molecular formula is C19H16ClF3N2O3S. The summed E-state index contributed by atoms with van der Waals surface area (Å²) in [6, 6.07) is 10.2. The van der Waals surface area contributed by atoms with E-state index in [4.69, 9.17) is 28.6 Å². The summed E-state index contributed by atoms with van der Waals surface area (Å²) in [6.45, 7) is 0. The molecule has 3 atom stereocenters. The molecule has 3 N–H and O–H groups in total. The number of ether oxygens (including phenoxy) is 1. The quantitative estimate of drug-likeness (QED) is 0.494. The fourth-order valence-electron chi connectivity index (χ4n) is 3.22. The Hall–Kier alpha value is -2.36. The van der Waals surface area contributed by atoms with Crippen LogP contribution in [0.3, 0.4) is 0 Å². The van der Waals surface area contributed by atoms with E-state index in [0.717, 1.165) is 0 Å².